The van der Waals surface area contributed by atoms with E-state index in [1.165, 1.54) is 4.90 Å². The van der Waals surface area contributed by atoms with Crippen molar-refractivity contribution in [2.45, 2.75) is 23.6 Å². The standard InChI is InChI=1S/C8H11BrN2O/c1-11(6-5-10)7(12)8(9)3-2-4-8/h2-4,6H2,1H3. The highest BCUT2D eigenvalue weighted by molar-refractivity contribution is 9.10. The lowest BCUT2D eigenvalue weighted by Gasteiger charge is -2.36. The van der Waals surface area contributed by atoms with E-state index in [9.17, 15) is 4.79 Å². The van der Waals surface area contributed by atoms with Crippen LogP contribution in [0, 0.1) is 11.3 Å². The van der Waals surface area contributed by atoms with E-state index in [4.69, 9.17) is 5.26 Å². The van der Waals surface area contributed by atoms with Gasteiger partial charge < -0.3 is 4.90 Å². The van der Waals surface area contributed by atoms with E-state index in [1.807, 2.05) is 6.07 Å². The summed E-state index contributed by atoms with van der Waals surface area (Å²) in [5, 5.41) is 8.38. The fourth-order valence-corrected chi connectivity index (χ4v) is 2.08. The zero-order chi connectivity index (χ0) is 9.19. The Balaban J connectivity index is 2.52. The first-order chi connectivity index (χ1) is 5.60. The predicted molar refractivity (Wildman–Crippen MR) is 48.8 cm³/mol. The number of halogens is 1. The van der Waals surface area contributed by atoms with Crippen LogP contribution in [-0.4, -0.2) is 28.7 Å². The third-order valence-corrected chi connectivity index (χ3v) is 3.32. The van der Waals surface area contributed by atoms with Crippen molar-refractivity contribution in [3.63, 3.8) is 0 Å². The molecule has 1 fully saturated rings. The van der Waals surface area contributed by atoms with Crippen LogP contribution in [0.15, 0.2) is 0 Å². The Bertz CT molecular complexity index is 230. The number of rotatable bonds is 2. The molecule has 0 spiro atoms. The molecular formula is C8H11BrN2O. The number of nitrogens with zero attached hydrogens (tertiary/aromatic N) is 2. The van der Waals surface area contributed by atoms with Crippen LogP contribution in [0.1, 0.15) is 19.3 Å². The molecule has 3 nitrogen and oxygen atoms in total. The third kappa shape index (κ3) is 1.61. The molecule has 0 heterocycles. The van der Waals surface area contributed by atoms with Crippen LogP contribution >= 0.6 is 15.9 Å². The average molecular weight is 231 g/mol. The number of carbonyl (C=O) groups excluding carboxylic acids is 1. The monoisotopic (exact) mass is 230 g/mol. The fourth-order valence-electron chi connectivity index (χ4n) is 1.22. The molecule has 0 unspecified atom stereocenters. The number of amides is 1. The minimum absolute atomic E-state index is 0.0373. The Morgan fingerprint density at radius 1 is 1.75 bits per heavy atom. The van der Waals surface area contributed by atoms with E-state index in [2.05, 4.69) is 15.9 Å². The number of hydrogen-bond acceptors (Lipinski definition) is 2. The highest BCUT2D eigenvalue weighted by Gasteiger charge is 2.42. The van der Waals surface area contributed by atoms with Gasteiger partial charge in [-0.2, -0.15) is 5.26 Å². The van der Waals surface area contributed by atoms with Crippen LogP contribution in [0.4, 0.5) is 0 Å². The van der Waals surface area contributed by atoms with Crippen molar-refractivity contribution in [1.82, 2.24) is 4.90 Å². The first-order valence-corrected chi connectivity index (χ1v) is 4.71. The van der Waals surface area contributed by atoms with Crippen molar-refractivity contribution in [3.8, 4) is 6.07 Å². The zero-order valence-electron chi connectivity index (χ0n) is 7.01. The van der Waals surface area contributed by atoms with Gasteiger partial charge in [-0.15, -0.1) is 0 Å². The smallest absolute Gasteiger partial charge is 0.240 e. The molecule has 0 aromatic carbocycles. The molecule has 1 saturated carbocycles. The van der Waals surface area contributed by atoms with Gasteiger partial charge in [0.05, 0.1) is 6.07 Å². The fraction of sp³-hybridized carbons (Fsp3) is 0.750. The maximum Gasteiger partial charge on any atom is 0.240 e. The first-order valence-electron chi connectivity index (χ1n) is 3.91. The lowest BCUT2D eigenvalue weighted by Crippen LogP contribution is -2.47. The van der Waals surface area contributed by atoms with E-state index < -0.39 is 0 Å². The van der Waals surface area contributed by atoms with E-state index in [-0.39, 0.29) is 16.8 Å². The molecule has 0 N–H and O–H groups in total. The summed E-state index contributed by atoms with van der Waals surface area (Å²) in [4.78, 5) is 13.0. The van der Waals surface area contributed by atoms with E-state index in [0.717, 1.165) is 19.3 Å². The molecule has 1 aliphatic carbocycles. The SMILES string of the molecule is CN(CC#N)C(=O)C1(Br)CCC1. The molecule has 0 bridgehead atoms. The van der Waals surface area contributed by atoms with Crippen molar-refractivity contribution in [2.24, 2.45) is 0 Å². The van der Waals surface area contributed by atoms with Gasteiger partial charge >= 0.3 is 0 Å². The topological polar surface area (TPSA) is 44.1 Å². The van der Waals surface area contributed by atoms with Crippen LogP contribution in [0.5, 0.6) is 0 Å². The number of hydrogen-bond donors (Lipinski definition) is 0. The molecule has 1 aliphatic rings. The van der Waals surface area contributed by atoms with Crippen LogP contribution in [-0.2, 0) is 4.79 Å². The van der Waals surface area contributed by atoms with E-state index >= 15 is 0 Å². The molecule has 0 saturated heterocycles. The van der Waals surface area contributed by atoms with Gasteiger partial charge in [-0.3, -0.25) is 4.79 Å². The molecule has 1 amide bonds. The molecule has 0 aromatic rings. The molecule has 12 heavy (non-hydrogen) atoms. The van der Waals surface area contributed by atoms with E-state index in [0.29, 0.717) is 0 Å². The van der Waals surface area contributed by atoms with Gasteiger partial charge in [0.25, 0.3) is 0 Å². The summed E-state index contributed by atoms with van der Waals surface area (Å²) in [6.45, 7) is 0.173. The van der Waals surface area contributed by atoms with Gasteiger partial charge in [-0.25, -0.2) is 0 Å². The summed E-state index contributed by atoms with van der Waals surface area (Å²) in [5.74, 6) is 0.0373. The number of nitriles is 1. The molecule has 0 aromatic heterocycles. The van der Waals surface area contributed by atoms with Crippen LogP contribution in [0.25, 0.3) is 0 Å². The number of carbonyl (C=O) groups is 1. The maximum atomic E-state index is 11.6. The van der Waals surface area contributed by atoms with Crippen LogP contribution < -0.4 is 0 Å². The largest absolute Gasteiger partial charge is 0.331 e. The van der Waals surface area contributed by atoms with Crippen molar-refractivity contribution < 1.29 is 4.79 Å². The highest BCUT2D eigenvalue weighted by Crippen LogP contribution is 2.41. The molecule has 0 aliphatic heterocycles. The van der Waals surface area contributed by atoms with Crippen LogP contribution in [0.2, 0.25) is 0 Å². The Kier molecular flexibility index (Phi) is 2.73. The normalized spacial score (nSPS) is 19.1. The predicted octanol–water partition coefficient (Wildman–Crippen LogP) is 1.29. The summed E-state index contributed by atoms with van der Waals surface area (Å²) < 4.78 is -0.349. The van der Waals surface area contributed by atoms with Gasteiger partial charge in [0.2, 0.25) is 5.91 Å². The Morgan fingerprint density at radius 2 is 2.33 bits per heavy atom. The third-order valence-electron chi connectivity index (χ3n) is 2.18. The number of alkyl halides is 1. The first kappa shape index (κ1) is 9.53. The summed E-state index contributed by atoms with van der Waals surface area (Å²) in [6.07, 6.45) is 2.88. The Hall–Kier alpha value is -0.560. The highest BCUT2D eigenvalue weighted by atomic mass is 79.9. The van der Waals surface area contributed by atoms with Crippen LogP contribution in [0.3, 0.4) is 0 Å². The molecule has 4 heteroatoms. The Labute approximate surface area is 80.5 Å². The van der Waals surface area contributed by atoms with Crippen molar-refractivity contribution in [1.29, 1.82) is 5.26 Å². The van der Waals surface area contributed by atoms with Gasteiger partial charge in [-0.1, -0.05) is 15.9 Å². The second-order valence-corrected chi connectivity index (χ2v) is 4.66. The molecule has 1 rings (SSSR count). The lowest BCUT2D eigenvalue weighted by atomic mass is 9.84. The summed E-state index contributed by atoms with van der Waals surface area (Å²) in [5.41, 5.74) is 0. The summed E-state index contributed by atoms with van der Waals surface area (Å²) >= 11 is 3.40. The molecule has 0 radical (unpaired) electrons. The zero-order valence-corrected chi connectivity index (χ0v) is 8.60. The molecule has 0 atom stereocenters. The van der Waals surface area contributed by atoms with Crippen molar-refractivity contribution in [2.75, 3.05) is 13.6 Å². The van der Waals surface area contributed by atoms with Gasteiger partial charge in [0, 0.05) is 7.05 Å². The van der Waals surface area contributed by atoms with Crippen molar-refractivity contribution in [3.05, 3.63) is 0 Å². The lowest BCUT2D eigenvalue weighted by molar-refractivity contribution is -0.133. The van der Waals surface area contributed by atoms with Gasteiger partial charge in [0.15, 0.2) is 0 Å². The maximum absolute atomic E-state index is 11.6. The van der Waals surface area contributed by atoms with Crippen molar-refractivity contribution >= 4 is 21.8 Å². The van der Waals surface area contributed by atoms with Gasteiger partial charge in [-0.05, 0) is 19.3 Å². The quantitative estimate of drug-likeness (QED) is 0.530. The minimum atomic E-state index is -0.349. The van der Waals surface area contributed by atoms with E-state index in [1.54, 1.807) is 7.05 Å². The molecular weight excluding hydrogens is 220 g/mol. The minimum Gasteiger partial charge on any atom is -0.331 e. The second-order valence-electron chi connectivity index (χ2n) is 3.14. The van der Waals surface area contributed by atoms with Gasteiger partial charge in [0.1, 0.15) is 10.9 Å². The summed E-state index contributed by atoms with van der Waals surface area (Å²) in [6, 6.07) is 1.95. The Morgan fingerprint density at radius 3 is 2.67 bits per heavy atom. The molecule has 66 valence electrons. The average Bonchev–Trinajstić information content (AvgIpc) is 1.99. The summed E-state index contributed by atoms with van der Waals surface area (Å²) in [7, 11) is 1.66. The second kappa shape index (κ2) is 3.44.